The number of aliphatic hydroxyl groups excluding tert-OH is 4. The summed E-state index contributed by atoms with van der Waals surface area (Å²) in [6, 6.07) is 0. The van der Waals surface area contributed by atoms with Gasteiger partial charge in [-0.25, -0.2) is 0 Å². The van der Waals surface area contributed by atoms with Crippen LogP contribution in [0.3, 0.4) is 0 Å². The van der Waals surface area contributed by atoms with Gasteiger partial charge in [0.05, 0.1) is 26.4 Å². The zero-order valence-electron chi connectivity index (χ0n) is 10.9. The Balaban J connectivity index is 0.000000121. The lowest BCUT2D eigenvalue weighted by Gasteiger charge is -2.09. The number of fused-ring (bicyclic) bond motifs is 2. The van der Waals surface area contributed by atoms with Crippen molar-refractivity contribution < 1.29 is 39.4 Å². The van der Waals surface area contributed by atoms with Gasteiger partial charge in [-0.1, -0.05) is 0 Å². The zero-order chi connectivity index (χ0) is 14.3. The van der Waals surface area contributed by atoms with Crippen LogP contribution in [0, 0.1) is 0 Å². The van der Waals surface area contributed by atoms with Crippen molar-refractivity contribution >= 4 is 0 Å². The van der Waals surface area contributed by atoms with E-state index in [2.05, 4.69) is 0 Å². The van der Waals surface area contributed by atoms with Gasteiger partial charge >= 0.3 is 0 Å². The van der Waals surface area contributed by atoms with E-state index in [1.165, 1.54) is 0 Å². The van der Waals surface area contributed by atoms with Crippen LogP contribution in [0.5, 0.6) is 0 Å². The number of hydrogen-bond acceptors (Lipinski definition) is 8. The van der Waals surface area contributed by atoms with Gasteiger partial charge in [-0.05, 0) is 0 Å². The Labute approximate surface area is 115 Å². The quantitative estimate of drug-likeness (QED) is 0.373. The van der Waals surface area contributed by atoms with Gasteiger partial charge in [0.25, 0.3) is 0 Å². The summed E-state index contributed by atoms with van der Waals surface area (Å²) in [5, 5.41) is 36.6. The third-order valence-electron chi connectivity index (χ3n) is 4.00. The Hall–Kier alpha value is -0.320. The molecule has 116 valence electrons. The summed E-state index contributed by atoms with van der Waals surface area (Å²) in [4.78, 5) is 0. The van der Waals surface area contributed by atoms with Crippen molar-refractivity contribution in [2.24, 2.45) is 0 Å². The van der Waals surface area contributed by atoms with Crippen molar-refractivity contribution in [3.8, 4) is 0 Å². The lowest BCUT2D eigenvalue weighted by molar-refractivity contribution is 0.00201. The molecule has 4 aliphatic heterocycles. The second-order valence-corrected chi connectivity index (χ2v) is 5.46. The molecule has 0 aromatic rings. The highest BCUT2D eigenvalue weighted by Crippen LogP contribution is 2.27. The van der Waals surface area contributed by atoms with Gasteiger partial charge in [-0.3, -0.25) is 0 Å². The van der Waals surface area contributed by atoms with Gasteiger partial charge < -0.3 is 39.4 Å². The molecule has 0 radical (unpaired) electrons. The van der Waals surface area contributed by atoms with Crippen molar-refractivity contribution in [2.45, 2.75) is 48.8 Å². The summed E-state index contributed by atoms with van der Waals surface area (Å²) in [5.74, 6) is 0. The Morgan fingerprint density at radius 3 is 0.850 bits per heavy atom. The van der Waals surface area contributed by atoms with Gasteiger partial charge in [0.1, 0.15) is 48.8 Å². The van der Waals surface area contributed by atoms with E-state index in [0.29, 0.717) is 0 Å². The molecule has 8 nitrogen and oxygen atoms in total. The highest BCUT2D eigenvalue weighted by atomic mass is 16.6. The molecule has 4 N–H and O–H groups in total. The first kappa shape index (κ1) is 14.6. The van der Waals surface area contributed by atoms with Gasteiger partial charge in [0.15, 0.2) is 0 Å². The molecule has 0 amide bonds. The average Bonchev–Trinajstić information content (AvgIpc) is 3.13. The highest BCUT2D eigenvalue weighted by Gasteiger charge is 2.47. The van der Waals surface area contributed by atoms with Crippen LogP contribution >= 0.6 is 0 Å². The van der Waals surface area contributed by atoms with Crippen molar-refractivity contribution in [1.82, 2.24) is 0 Å². The molecule has 4 rings (SSSR count). The first-order valence-corrected chi connectivity index (χ1v) is 6.76. The van der Waals surface area contributed by atoms with Crippen molar-refractivity contribution in [1.29, 1.82) is 0 Å². The monoisotopic (exact) mass is 292 g/mol. The van der Waals surface area contributed by atoms with Gasteiger partial charge in [-0.2, -0.15) is 0 Å². The summed E-state index contributed by atoms with van der Waals surface area (Å²) in [7, 11) is 0. The SMILES string of the molecule is O[C@@H]1CO[C@H]2[C@@H]1OC[C@@H]2O.O[C@@H]1CO[C@H]2[C@@H]1OC[C@H]2O. The molecule has 0 saturated carbocycles. The second-order valence-electron chi connectivity index (χ2n) is 5.46. The van der Waals surface area contributed by atoms with E-state index < -0.39 is 24.4 Å². The van der Waals surface area contributed by atoms with Crippen LogP contribution in [-0.4, -0.2) is 95.7 Å². The van der Waals surface area contributed by atoms with E-state index in [9.17, 15) is 0 Å². The van der Waals surface area contributed by atoms with E-state index in [1.807, 2.05) is 0 Å². The fourth-order valence-corrected chi connectivity index (χ4v) is 2.92. The summed E-state index contributed by atoms with van der Waals surface area (Å²) >= 11 is 0. The van der Waals surface area contributed by atoms with E-state index in [4.69, 9.17) is 39.4 Å². The highest BCUT2D eigenvalue weighted by molar-refractivity contribution is 4.94. The first-order valence-electron chi connectivity index (χ1n) is 6.76. The molecule has 0 aliphatic carbocycles. The molecule has 4 heterocycles. The minimum absolute atomic E-state index is 0.284. The fraction of sp³-hybridized carbons (Fsp3) is 1.00. The topological polar surface area (TPSA) is 118 Å². The molecule has 8 atom stereocenters. The minimum Gasteiger partial charge on any atom is -0.388 e. The standard InChI is InChI=1S/2C6H10O4/c2*7-3-1-9-6-4(8)2-10-5(3)6/h2*3-8H,1-2H2/t3-,4+,5-,6-;3-,4-,5-,6-/m11/s1. The van der Waals surface area contributed by atoms with Gasteiger partial charge in [0.2, 0.25) is 0 Å². The Morgan fingerprint density at radius 2 is 0.650 bits per heavy atom. The third kappa shape index (κ3) is 2.58. The molecular weight excluding hydrogens is 272 g/mol. The molecule has 0 aromatic carbocycles. The number of ether oxygens (including phenoxy) is 4. The molecule has 0 bridgehead atoms. The van der Waals surface area contributed by atoms with Crippen LogP contribution in [0.4, 0.5) is 0 Å². The van der Waals surface area contributed by atoms with E-state index in [-0.39, 0.29) is 50.8 Å². The Bertz CT molecular complexity index is 275. The molecule has 20 heavy (non-hydrogen) atoms. The number of rotatable bonds is 0. The van der Waals surface area contributed by atoms with Gasteiger partial charge in [-0.15, -0.1) is 0 Å². The van der Waals surface area contributed by atoms with E-state index >= 15 is 0 Å². The maximum absolute atomic E-state index is 9.16. The molecule has 0 unspecified atom stereocenters. The lowest BCUT2D eigenvalue weighted by Crippen LogP contribution is -2.30. The summed E-state index contributed by atoms with van der Waals surface area (Å²) in [6.45, 7) is 1.14. The molecule has 4 aliphatic rings. The van der Waals surface area contributed by atoms with Gasteiger partial charge in [0, 0.05) is 0 Å². The smallest absolute Gasteiger partial charge is 0.114 e. The van der Waals surface area contributed by atoms with E-state index in [1.54, 1.807) is 0 Å². The first-order chi connectivity index (χ1) is 9.58. The largest absolute Gasteiger partial charge is 0.388 e. The van der Waals surface area contributed by atoms with Crippen LogP contribution in [0.1, 0.15) is 0 Å². The maximum Gasteiger partial charge on any atom is 0.114 e. The molecule has 8 heteroatoms. The van der Waals surface area contributed by atoms with Crippen molar-refractivity contribution in [2.75, 3.05) is 26.4 Å². The molecule has 0 aromatic heterocycles. The van der Waals surface area contributed by atoms with Crippen LogP contribution in [0.25, 0.3) is 0 Å². The van der Waals surface area contributed by atoms with Crippen LogP contribution in [0.2, 0.25) is 0 Å². The van der Waals surface area contributed by atoms with Crippen LogP contribution in [-0.2, 0) is 18.9 Å². The molecular formula is C12H20O8. The predicted octanol–water partition coefficient (Wildman–Crippen LogP) is -2.99. The maximum atomic E-state index is 9.16. The van der Waals surface area contributed by atoms with Crippen molar-refractivity contribution in [3.63, 3.8) is 0 Å². The fourth-order valence-electron chi connectivity index (χ4n) is 2.92. The third-order valence-corrected chi connectivity index (χ3v) is 4.00. The Kier molecular flexibility index (Phi) is 4.25. The zero-order valence-corrected chi connectivity index (χ0v) is 10.9. The summed E-state index contributed by atoms with van der Waals surface area (Å²) < 4.78 is 20.3. The van der Waals surface area contributed by atoms with Crippen LogP contribution in [0.15, 0.2) is 0 Å². The molecule has 4 fully saturated rings. The number of hydrogen-bond donors (Lipinski definition) is 4. The summed E-state index contributed by atoms with van der Waals surface area (Å²) in [6.07, 6.45) is -3.40. The molecule has 0 spiro atoms. The predicted molar refractivity (Wildman–Crippen MR) is 63.0 cm³/mol. The summed E-state index contributed by atoms with van der Waals surface area (Å²) in [5.41, 5.74) is 0. The van der Waals surface area contributed by atoms with Crippen molar-refractivity contribution in [3.05, 3.63) is 0 Å². The minimum atomic E-state index is -0.554. The number of aliphatic hydroxyl groups is 4. The Morgan fingerprint density at radius 1 is 0.450 bits per heavy atom. The van der Waals surface area contributed by atoms with Crippen LogP contribution < -0.4 is 0 Å². The van der Waals surface area contributed by atoms with E-state index in [0.717, 1.165) is 0 Å². The second kappa shape index (κ2) is 5.82. The average molecular weight is 292 g/mol. The molecule has 4 saturated heterocycles. The lowest BCUT2D eigenvalue weighted by atomic mass is 10.1. The normalized spacial score (nSPS) is 53.4.